The van der Waals surface area contributed by atoms with Crippen LogP contribution < -0.4 is 10.2 Å². The van der Waals surface area contributed by atoms with Gasteiger partial charge in [-0.25, -0.2) is 0 Å². The number of nitrogens with zero attached hydrogens (tertiary/aromatic N) is 3. The van der Waals surface area contributed by atoms with Crippen molar-refractivity contribution < 1.29 is 14.1 Å². The molecule has 3 heterocycles. The molecule has 1 atom stereocenters. The Hall–Kier alpha value is -2.70. The molecule has 0 aromatic carbocycles. The van der Waals surface area contributed by atoms with Crippen LogP contribution >= 0.6 is 0 Å². The van der Waals surface area contributed by atoms with Crippen LogP contribution in [0.5, 0.6) is 0 Å². The Morgan fingerprint density at radius 2 is 2.33 bits per heavy atom. The number of carbonyl (C=O) groups is 2. The number of hydrogen-bond acceptors (Lipinski definition) is 5. The van der Waals surface area contributed by atoms with Crippen molar-refractivity contribution in [1.29, 1.82) is 0 Å². The first-order chi connectivity index (χ1) is 10.3. The van der Waals surface area contributed by atoms with E-state index in [2.05, 4.69) is 20.0 Å². The Labute approximate surface area is 120 Å². The van der Waals surface area contributed by atoms with Gasteiger partial charge in [0.15, 0.2) is 5.69 Å². The minimum Gasteiger partial charge on any atom is -0.364 e. The summed E-state index contributed by atoms with van der Waals surface area (Å²) in [6.45, 7) is 0.626. The molecule has 1 fully saturated rings. The van der Waals surface area contributed by atoms with Gasteiger partial charge in [-0.3, -0.25) is 14.6 Å². The molecule has 1 aliphatic rings. The highest BCUT2D eigenvalue weighted by Gasteiger charge is 2.31. The summed E-state index contributed by atoms with van der Waals surface area (Å²) in [5.74, 6) is -0.541. The van der Waals surface area contributed by atoms with Gasteiger partial charge in [-0.1, -0.05) is 5.16 Å². The van der Waals surface area contributed by atoms with Crippen molar-refractivity contribution in [2.45, 2.75) is 18.9 Å². The molecule has 21 heavy (non-hydrogen) atoms. The van der Waals surface area contributed by atoms with Gasteiger partial charge in [0.05, 0.1) is 11.9 Å². The summed E-state index contributed by atoms with van der Waals surface area (Å²) in [5, 5.41) is 6.26. The number of aromatic nitrogens is 2. The van der Waals surface area contributed by atoms with Crippen LogP contribution in [0.4, 0.5) is 5.69 Å². The Kier molecular flexibility index (Phi) is 3.63. The highest BCUT2D eigenvalue weighted by molar-refractivity contribution is 6.02. The number of pyridine rings is 1. The number of rotatable bonds is 3. The van der Waals surface area contributed by atoms with Crippen molar-refractivity contribution in [2.24, 2.45) is 0 Å². The fraction of sp³-hybridized carbons (Fsp3) is 0.286. The molecule has 1 aliphatic heterocycles. The maximum Gasteiger partial charge on any atom is 0.274 e. The molecular formula is C14H14N4O3. The minimum absolute atomic E-state index is 0.133. The summed E-state index contributed by atoms with van der Waals surface area (Å²) < 4.78 is 4.63. The zero-order valence-corrected chi connectivity index (χ0v) is 11.2. The number of hydrogen-bond donors (Lipinski definition) is 1. The van der Waals surface area contributed by atoms with Crippen molar-refractivity contribution in [3.63, 3.8) is 0 Å². The van der Waals surface area contributed by atoms with Gasteiger partial charge in [0, 0.05) is 18.8 Å². The molecule has 2 aromatic heterocycles. The zero-order valence-electron chi connectivity index (χ0n) is 11.2. The standard InChI is InChI=1S/C14H14N4O3/c19-13(11-5-8-21-17-11)16-12-4-2-7-18(14(12)20)10-3-1-6-15-9-10/h1,3,5-6,8-9,12H,2,4,7H2,(H,16,19)/t12-/m1/s1. The Morgan fingerprint density at radius 1 is 1.43 bits per heavy atom. The molecule has 0 spiro atoms. The monoisotopic (exact) mass is 286 g/mol. The number of anilines is 1. The summed E-state index contributed by atoms with van der Waals surface area (Å²) in [6.07, 6.45) is 6.03. The predicted molar refractivity (Wildman–Crippen MR) is 73.6 cm³/mol. The molecule has 108 valence electrons. The van der Waals surface area contributed by atoms with Crippen LogP contribution in [0.2, 0.25) is 0 Å². The highest BCUT2D eigenvalue weighted by atomic mass is 16.5. The Bertz CT molecular complexity index is 627. The number of carbonyl (C=O) groups excluding carboxylic acids is 2. The number of amides is 2. The van der Waals surface area contributed by atoms with E-state index in [0.717, 1.165) is 12.1 Å². The summed E-state index contributed by atoms with van der Waals surface area (Å²) >= 11 is 0. The maximum absolute atomic E-state index is 12.5. The molecular weight excluding hydrogens is 272 g/mol. The molecule has 3 rings (SSSR count). The topological polar surface area (TPSA) is 88.3 Å². The zero-order chi connectivity index (χ0) is 14.7. The highest BCUT2D eigenvalue weighted by Crippen LogP contribution is 2.20. The van der Waals surface area contributed by atoms with Gasteiger partial charge in [0.1, 0.15) is 12.3 Å². The lowest BCUT2D eigenvalue weighted by Crippen LogP contribution is -2.52. The molecule has 2 aromatic rings. The molecule has 0 saturated carbocycles. The van der Waals surface area contributed by atoms with E-state index in [9.17, 15) is 9.59 Å². The first-order valence-electron chi connectivity index (χ1n) is 6.68. The van der Waals surface area contributed by atoms with Gasteiger partial charge in [0.25, 0.3) is 5.91 Å². The van der Waals surface area contributed by atoms with Gasteiger partial charge < -0.3 is 14.7 Å². The quantitative estimate of drug-likeness (QED) is 0.909. The third-order valence-electron chi connectivity index (χ3n) is 3.37. The minimum atomic E-state index is -0.553. The van der Waals surface area contributed by atoms with Crippen molar-refractivity contribution in [2.75, 3.05) is 11.4 Å². The summed E-state index contributed by atoms with van der Waals surface area (Å²) in [5.41, 5.74) is 0.907. The van der Waals surface area contributed by atoms with E-state index in [1.165, 1.54) is 12.3 Å². The van der Waals surface area contributed by atoms with E-state index < -0.39 is 11.9 Å². The number of nitrogens with one attached hydrogen (secondary N) is 1. The molecule has 7 heteroatoms. The lowest BCUT2D eigenvalue weighted by molar-refractivity contribution is -0.121. The molecule has 7 nitrogen and oxygen atoms in total. The third kappa shape index (κ3) is 2.76. The van der Waals surface area contributed by atoms with Crippen molar-refractivity contribution in [3.05, 3.63) is 42.5 Å². The van der Waals surface area contributed by atoms with Crippen LogP contribution in [0, 0.1) is 0 Å². The third-order valence-corrected chi connectivity index (χ3v) is 3.37. The van der Waals surface area contributed by atoms with Crippen LogP contribution in [-0.2, 0) is 4.79 Å². The fourth-order valence-electron chi connectivity index (χ4n) is 2.34. The number of piperidine rings is 1. The fourth-order valence-corrected chi connectivity index (χ4v) is 2.34. The second-order valence-electron chi connectivity index (χ2n) is 4.75. The molecule has 0 radical (unpaired) electrons. The van der Waals surface area contributed by atoms with Crippen LogP contribution in [0.1, 0.15) is 23.3 Å². The van der Waals surface area contributed by atoms with E-state index in [1.54, 1.807) is 23.4 Å². The SMILES string of the molecule is O=C(N[C@@H]1CCCN(c2cccnc2)C1=O)c1ccon1. The Balaban J connectivity index is 1.72. The molecule has 0 unspecified atom stereocenters. The first kappa shape index (κ1) is 13.3. The van der Waals surface area contributed by atoms with Crippen LogP contribution in [0.15, 0.2) is 41.4 Å². The van der Waals surface area contributed by atoms with Crippen molar-refractivity contribution >= 4 is 17.5 Å². The summed E-state index contributed by atoms with van der Waals surface area (Å²) in [7, 11) is 0. The van der Waals surface area contributed by atoms with Crippen molar-refractivity contribution in [1.82, 2.24) is 15.5 Å². The van der Waals surface area contributed by atoms with Gasteiger partial charge in [-0.05, 0) is 25.0 Å². The average molecular weight is 286 g/mol. The van der Waals surface area contributed by atoms with Gasteiger partial charge in [0.2, 0.25) is 5.91 Å². The summed E-state index contributed by atoms with van der Waals surface area (Å²) in [6, 6.07) is 4.51. The predicted octanol–water partition coefficient (Wildman–Crippen LogP) is 0.995. The van der Waals surface area contributed by atoms with Crippen LogP contribution in [0.3, 0.4) is 0 Å². The second kappa shape index (κ2) is 5.74. The van der Waals surface area contributed by atoms with E-state index in [-0.39, 0.29) is 11.6 Å². The summed E-state index contributed by atoms with van der Waals surface area (Å²) in [4.78, 5) is 30.1. The average Bonchev–Trinajstić information content (AvgIpc) is 3.05. The molecule has 0 aliphatic carbocycles. The molecule has 0 bridgehead atoms. The van der Waals surface area contributed by atoms with E-state index in [0.29, 0.717) is 13.0 Å². The van der Waals surface area contributed by atoms with E-state index >= 15 is 0 Å². The normalized spacial score (nSPS) is 18.6. The van der Waals surface area contributed by atoms with Crippen molar-refractivity contribution in [3.8, 4) is 0 Å². The second-order valence-corrected chi connectivity index (χ2v) is 4.75. The van der Waals surface area contributed by atoms with Gasteiger partial charge in [-0.15, -0.1) is 0 Å². The smallest absolute Gasteiger partial charge is 0.274 e. The van der Waals surface area contributed by atoms with Gasteiger partial charge >= 0.3 is 0 Å². The van der Waals surface area contributed by atoms with Gasteiger partial charge in [-0.2, -0.15) is 0 Å². The molecule has 1 saturated heterocycles. The Morgan fingerprint density at radius 3 is 3.05 bits per heavy atom. The van der Waals surface area contributed by atoms with Crippen LogP contribution in [0.25, 0.3) is 0 Å². The maximum atomic E-state index is 12.5. The molecule has 1 N–H and O–H groups in total. The van der Waals surface area contributed by atoms with E-state index in [1.807, 2.05) is 6.07 Å². The lowest BCUT2D eigenvalue weighted by atomic mass is 10.0. The first-order valence-corrected chi connectivity index (χ1v) is 6.68. The van der Waals surface area contributed by atoms with Crippen LogP contribution in [-0.4, -0.2) is 34.5 Å². The van der Waals surface area contributed by atoms with E-state index in [4.69, 9.17) is 0 Å². The largest absolute Gasteiger partial charge is 0.364 e. The lowest BCUT2D eigenvalue weighted by Gasteiger charge is -2.32. The molecule has 2 amide bonds.